The van der Waals surface area contributed by atoms with Gasteiger partial charge in [0, 0.05) is 36.1 Å². The standard InChI is InChI=1S/C15H19BrN2O2/c1-11-4-5-12(10-13(11)16)15(20)17-7-6-14(19)18-8-2-3-9-18/h4-5,10H,2-3,6-9H2,1H3,(H,17,20). The number of amides is 2. The summed E-state index contributed by atoms with van der Waals surface area (Å²) in [5.74, 6) is -0.00666. The average Bonchev–Trinajstić information content (AvgIpc) is 2.95. The summed E-state index contributed by atoms with van der Waals surface area (Å²) >= 11 is 3.41. The van der Waals surface area contributed by atoms with E-state index in [0.29, 0.717) is 18.5 Å². The highest BCUT2D eigenvalue weighted by atomic mass is 79.9. The Hall–Kier alpha value is -1.36. The Balaban J connectivity index is 1.79. The molecule has 0 unspecified atom stereocenters. The van der Waals surface area contributed by atoms with E-state index >= 15 is 0 Å². The molecule has 1 heterocycles. The summed E-state index contributed by atoms with van der Waals surface area (Å²) in [6.07, 6.45) is 2.56. The highest BCUT2D eigenvalue weighted by Gasteiger charge is 2.17. The summed E-state index contributed by atoms with van der Waals surface area (Å²) in [4.78, 5) is 25.7. The molecule has 1 aliphatic rings. The van der Waals surface area contributed by atoms with Crippen molar-refractivity contribution in [1.82, 2.24) is 10.2 Å². The first-order chi connectivity index (χ1) is 9.58. The quantitative estimate of drug-likeness (QED) is 0.916. The molecule has 0 spiro atoms. The second kappa shape index (κ2) is 6.88. The molecule has 4 nitrogen and oxygen atoms in total. The van der Waals surface area contributed by atoms with Crippen LogP contribution in [0.5, 0.6) is 0 Å². The maximum absolute atomic E-state index is 12.0. The zero-order valence-electron chi connectivity index (χ0n) is 11.6. The van der Waals surface area contributed by atoms with Crippen molar-refractivity contribution in [3.63, 3.8) is 0 Å². The van der Waals surface area contributed by atoms with Crippen LogP contribution in [0.15, 0.2) is 22.7 Å². The highest BCUT2D eigenvalue weighted by molar-refractivity contribution is 9.10. The Bertz CT molecular complexity index is 511. The summed E-state index contributed by atoms with van der Waals surface area (Å²) in [6.45, 7) is 4.08. The van der Waals surface area contributed by atoms with Crippen molar-refractivity contribution >= 4 is 27.7 Å². The van der Waals surface area contributed by atoms with Crippen molar-refractivity contribution in [3.8, 4) is 0 Å². The summed E-state index contributed by atoms with van der Waals surface area (Å²) in [7, 11) is 0. The predicted molar refractivity (Wildman–Crippen MR) is 81.6 cm³/mol. The minimum absolute atomic E-state index is 0.132. The van der Waals surface area contributed by atoms with E-state index in [2.05, 4.69) is 21.2 Å². The van der Waals surface area contributed by atoms with Crippen LogP contribution in [-0.2, 0) is 4.79 Å². The molecular formula is C15H19BrN2O2. The van der Waals surface area contributed by atoms with Gasteiger partial charge in [0.05, 0.1) is 0 Å². The van der Waals surface area contributed by atoms with Gasteiger partial charge in [-0.15, -0.1) is 0 Å². The Morgan fingerprint density at radius 1 is 1.30 bits per heavy atom. The van der Waals surface area contributed by atoms with Gasteiger partial charge in [-0.3, -0.25) is 9.59 Å². The number of likely N-dealkylation sites (tertiary alicyclic amines) is 1. The SMILES string of the molecule is Cc1ccc(C(=O)NCCC(=O)N2CCCC2)cc1Br. The predicted octanol–water partition coefficient (Wildman–Crippen LogP) is 2.50. The number of nitrogens with one attached hydrogen (secondary N) is 1. The number of nitrogens with zero attached hydrogens (tertiary/aromatic N) is 1. The fraction of sp³-hybridized carbons (Fsp3) is 0.467. The summed E-state index contributed by atoms with van der Waals surface area (Å²) < 4.78 is 0.915. The summed E-state index contributed by atoms with van der Waals surface area (Å²) in [5, 5.41) is 2.79. The first kappa shape index (κ1) is 15.0. The molecule has 0 atom stereocenters. The molecule has 20 heavy (non-hydrogen) atoms. The van der Waals surface area contributed by atoms with Gasteiger partial charge in [0.15, 0.2) is 0 Å². The number of hydrogen-bond donors (Lipinski definition) is 1. The molecule has 5 heteroatoms. The maximum Gasteiger partial charge on any atom is 0.251 e. The second-order valence-electron chi connectivity index (χ2n) is 5.06. The zero-order chi connectivity index (χ0) is 14.5. The van der Waals surface area contributed by atoms with Crippen molar-refractivity contribution in [2.24, 2.45) is 0 Å². The van der Waals surface area contributed by atoms with Gasteiger partial charge in [-0.1, -0.05) is 22.0 Å². The first-order valence-corrected chi connectivity index (χ1v) is 7.69. The lowest BCUT2D eigenvalue weighted by Crippen LogP contribution is -2.32. The minimum Gasteiger partial charge on any atom is -0.352 e. The van der Waals surface area contributed by atoms with Gasteiger partial charge in [-0.25, -0.2) is 0 Å². The van der Waals surface area contributed by atoms with Crippen LogP contribution in [0.2, 0.25) is 0 Å². The van der Waals surface area contributed by atoms with Gasteiger partial charge in [-0.2, -0.15) is 0 Å². The Kier molecular flexibility index (Phi) is 5.17. The second-order valence-corrected chi connectivity index (χ2v) is 5.91. The normalized spacial score (nSPS) is 14.4. The molecule has 2 rings (SSSR count). The molecule has 0 aromatic heterocycles. The lowest BCUT2D eigenvalue weighted by atomic mass is 10.1. The number of benzene rings is 1. The molecule has 0 radical (unpaired) electrons. The fourth-order valence-electron chi connectivity index (χ4n) is 2.24. The summed E-state index contributed by atoms with van der Waals surface area (Å²) in [5.41, 5.74) is 1.70. The van der Waals surface area contributed by atoms with Crippen LogP contribution in [0.25, 0.3) is 0 Å². The average molecular weight is 339 g/mol. The van der Waals surface area contributed by atoms with Gasteiger partial charge < -0.3 is 10.2 Å². The van der Waals surface area contributed by atoms with Gasteiger partial charge in [0.2, 0.25) is 5.91 Å². The van der Waals surface area contributed by atoms with Crippen molar-refractivity contribution in [3.05, 3.63) is 33.8 Å². The van der Waals surface area contributed by atoms with E-state index in [9.17, 15) is 9.59 Å². The van der Waals surface area contributed by atoms with E-state index in [1.165, 1.54) is 0 Å². The van der Waals surface area contributed by atoms with Crippen molar-refractivity contribution in [2.75, 3.05) is 19.6 Å². The van der Waals surface area contributed by atoms with Gasteiger partial charge in [0.25, 0.3) is 5.91 Å². The summed E-state index contributed by atoms with van der Waals surface area (Å²) in [6, 6.07) is 5.49. The maximum atomic E-state index is 12.0. The van der Waals surface area contributed by atoms with E-state index in [1.807, 2.05) is 17.9 Å². The van der Waals surface area contributed by atoms with Crippen molar-refractivity contribution in [1.29, 1.82) is 0 Å². The van der Waals surface area contributed by atoms with Crippen LogP contribution in [0.1, 0.15) is 35.2 Å². The smallest absolute Gasteiger partial charge is 0.251 e. The Morgan fingerprint density at radius 3 is 2.65 bits per heavy atom. The van der Waals surface area contributed by atoms with E-state index in [-0.39, 0.29) is 11.8 Å². The molecule has 1 fully saturated rings. The van der Waals surface area contributed by atoms with Crippen molar-refractivity contribution in [2.45, 2.75) is 26.2 Å². The van der Waals surface area contributed by atoms with Crippen LogP contribution in [-0.4, -0.2) is 36.3 Å². The monoisotopic (exact) mass is 338 g/mol. The largest absolute Gasteiger partial charge is 0.352 e. The van der Waals surface area contributed by atoms with Crippen LogP contribution < -0.4 is 5.32 Å². The van der Waals surface area contributed by atoms with Crippen LogP contribution in [0.4, 0.5) is 0 Å². The van der Waals surface area contributed by atoms with E-state index < -0.39 is 0 Å². The van der Waals surface area contributed by atoms with E-state index in [1.54, 1.807) is 12.1 Å². The molecule has 0 bridgehead atoms. The number of aryl methyl sites for hydroxylation is 1. The molecule has 2 amide bonds. The van der Waals surface area contributed by atoms with Gasteiger partial charge in [0.1, 0.15) is 0 Å². The lowest BCUT2D eigenvalue weighted by Gasteiger charge is -2.15. The lowest BCUT2D eigenvalue weighted by molar-refractivity contribution is -0.129. The Morgan fingerprint density at radius 2 is 2.00 bits per heavy atom. The van der Waals surface area contributed by atoms with Crippen molar-refractivity contribution < 1.29 is 9.59 Å². The number of halogens is 1. The first-order valence-electron chi connectivity index (χ1n) is 6.90. The van der Waals surface area contributed by atoms with E-state index in [4.69, 9.17) is 0 Å². The molecule has 108 valence electrons. The number of rotatable bonds is 4. The molecule has 1 saturated heterocycles. The number of hydrogen-bond acceptors (Lipinski definition) is 2. The third-order valence-electron chi connectivity index (χ3n) is 3.52. The van der Waals surface area contributed by atoms with Crippen LogP contribution in [0, 0.1) is 6.92 Å². The van der Waals surface area contributed by atoms with E-state index in [0.717, 1.165) is 36.0 Å². The molecule has 1 aromatic carbocycles. The minimum atomic E-state index is -0.139. The zero-order valence-corrected chi connectivity index (χ0v) is 13.2. The molecular weight excluding hydrogens is 320 g/mol. The van der Waals surface area contributed by atoms with Crippen LogP contribution >= 0.6 is 15.9 Å². The fourth-order valence-corrected chi connectivity index (χ4v) is 2.62. The third kappa shape index (κ3) is 3.82. The van der Waals surface area contributed by atoms with Gasteiger partial charge >= 0.3 is 0 Å². The molecule has 1 aliphatic heterocycles. The van der Waals surface area contributed by atoms with Crippen LogP contribution in [0.3, 0.4) is 0 Å². The van der Waals surface area contributed by atoms with Gasteiger partial charge in [-0.05, 0) is 37.5 Å². The molecule has 0 saturated carbocycles. The molecule has 1 N–H and O–H groups in total. The highest BCUT2D eigenvalue weighted by Crippen LogP contribution is 2.17. The Labute approximate surface area is 127 Å². The molecule has 0 aliphatic carbocycles. The third-order valence-corrected chi connectivity index (χ3v) is 4.37. The number of carbonyl (C=O) groups excluding carboxylic acids is 2. The topological polar surface area (TPSA) is 49.4 Å². The molecule has 1 aromatic rings. The number of carbonyl (C=O) groups is 2.